The quantitative estimate of drug-likeness (QED) is 0.697. The monoisotopic (exact) mass is 233 g/mol. The van der Waals surface area contributed by atoms with Crippen molar-refractivity contribution < 1.29 is 4.79 Å². The van der Waals surface area contributed by atoms with Gasteiger partial charge in [-0.15, -0.1) is 0 Å². The summed E-state index contributed by atoms with van der Waals surface area (Å²) < 4.78 is 0. The van der Waals surface area contributed by atoms with Crippen LogP contribution >= 0.6 is 0 Å². The Morgan fingerprint density at radius 1 is 1.24 bits per heavy atom. The predicted molar refractivity (Wildman–Crippen MR) is 73.8 cm³/mol. The minimum Gasteiger partial charge on any atom is -0.378 e. The first-order valence-electron chi connectivity index (χ1n) is 6.39. The third-order valence-corrected chi connectivity index (χ3v) is 3.31. The first-order valence-corrected chi connectivity index (χ1v) is 6.39. The van der Waals surface area contributed by atoms with Crippen molar-refractivity contribution in [2.24, 2.45) is 5.92 Å². The second-order valence-electron chi connectivity index (χ2n) is 4.75. The lowest BCUT2D eigenvalue weighted by atomic mass is 9.94. The molecule has 17 heavy (non-hydrogen) atoms. The second kappa shape index (κ2) is 6.43. The molecular weight excluding hydrogens is 210 g/mol. The van der Waals surface area contributed by atoms with E-state index >= 15 is 0 Å². The van der Waals surface area contributed by atoms with E-state index in [9.17, 15) is 4.79 Å². The normalized spacial score (nSPS) is 10.6. The minimum absolute atomic E-state index is 0.266. The molecule has 94 valence electrons. The molecule has 2 nitrogen and oxygen atoms in total. The van der Waals surface area contributed by atoms with E-state index in [1.807, 2.05) is 43.3 Å². The number of hydrogen-bond acceptors (Lipinski definition) is 2. The third-order valence-electron chi connectivity index (χ3n) is 3.31. The molecule has 0 saturated carbocycles. The van der Waals surface area contributed by atoms with Gasteiger partial charge >= 0.3 is 0 Å². The Kier molecular flexibility index (Phi) is 5.20. The lowest BCUT2D eigenvalue weighted by Crippen LogP contribution is -2.11. The van der Waals surface area contributed by atoms with Crippen molar-refractivity contribution in [3.8, 4) is 0 Å². The van der Waals surface area contributed by atoms with E-state index < -0.39 is 0 Å². The van der Waals surface area contributed by atoms with Crippen LogP contribution in [0.1, 0.15) is 43.5 Å². The molecule has 0 N–H and O–H groups in total. The average molecular weight is 233 g/mol. The van der Waals surface area contributed by atoms with Crippen molar-refractivity contribution >= 4 is 11.5 Å². The SMILES string of the molecule is CCC(CC)CC(=O)c1cccc(N(C)C)c1. The summed E-state index contributed by atoms with van der Waals surface area (Å²) in [7, 11) is 3.98. The maximum absolute atomic E-state index is 12.1. The number of rotatable bonds is 6. The topological polar surface area (TPSA) is 20.3 Å². The molecule has 0 radical (unpaired) electrons. The molecule has 0 spiro atoms. The number of carbonyl (C=O) groups is 1. The van der Waals surface area contributed by atoms with Gasteiger partial charge in [0.15, 0.2) is 5.78 Å². The first kappa shape index (κ1) is 13.8. The molecule has 1 aromatic rings. The fraction of sp³-hybridized carbons (Fsp3) is 0.533. The number of benzene rings is 1. The van der Waals surface area contributed by atoms with E-state index in [2.05, 4.69) is 13.8 Å². The number of anilines is 1. The van der Waals surface area contributed by atoms with Gasteiger partial charge in [0.2, 0.25) is 0 Å². The van der Waals surface area contributed by atoms with Crippen LogP contribution in [0.4, 0.5) is 5.69 Å². The highest BCUT2D eigenvalue weighted by molar-refractivity contribution is 5.97. The van der Waals surface area contributed by atoms with Crippen LogP contribution in [0.5, 0.6) is 0 Å². The van der Waals surface area contributed by atoms with Crippen LogP contribution in [-0.2, 0) is 0 Å². The van der Waals surface area contributed by atoms with Crippen molar-refractivity contribution in [3.05, 3.63) is 29.8 Å². The zero-order chi connectivity index (χ0) is 12.8. The van der Waals surface area contributed by atoms with Crippen LogP contribution in [0.15, 0.2) is 24.3 Å². The van der Waals surface area contributed by atoms with Crippen molar-refractivity contribution in [1.82, 2.24) is 0 Å². The maximum Gasteiger partial charge on any atom is 0.163 e. The molecule has 0 fully saturated rings. The average Bonchev–Trinajstić information content (AvgIpc) is 2.35. The standard InChI is InChI=1S/C15H23NO/c1-5-12(6-2)10-15(17)13-8-7-9-14(11-13)16(3)4/h7-9,11-12H,5-6,10H2,1-4H3. The van der Waals surface area contributed by atoms with Crippen LogP contribution in [0.2, 0.25) is 0 Å². The Labute approximate surface area is 105 Å². The maximum atomic E-state index is 12.1. The Morgan fingerprint density at radius 2 is 1.88 bits per heavy atom. The smallest absolute Gasteiger partial charge is 0.163 e. The summed E-state index contributed by atoms with van der Waals surface area (Å²) >= 11 is 0. The first-order chi connectivity index (χ1) is 8.08. The number of ketones is 1. The lowest BCUT2D eigenvalue weighted by Gasteiger charge is -2.14. The van der Waals surface area contributed by atoms with Gasteiger partial charge in [-0.1, -0.05) is 38.8 Å². The van der Waals surface area contributed by atoms with Gasteiger partial charge in [-0.05, 0) is 18.1 Å². The molecule has 0 amide bonds. The van der Waals surface area contributed by atoms with Crippen LogP contribution in [0.25, 0.3) is 0 Å². The van der Waals surface area contributed by atoms with Gasteiger partial charge in [0, 0.05) is 31.8 Å². The van der Waals surface area contributed by atoms with Gasteiger partial charge in [0.1, 0.15) is 0 Å². The van der Waals surface area contributed by atoms with Gasteiger partial charge in [0.05, 0.1) is 0 Å². The van der Waals surface area contributed by atoms with E-state index in [1.54, 1.807) is 0 Å². The molecule has 1 rings (SSSR count). The Morgan fingerprint density at radius 3 is 2.41 bits per heavy atom. The summed E-state index contributed by atoms with van der Waals surface area (Å²) in [4.78, 5) is 14.2. The minimum atomic E-state index is 0.266. The summed E-state index contributed by atoms with van der Waals surface area (Å²) in [6, 6.07) is 7.87. The Balaban J connectivity index is 2.78. The summed E-state index contributed by atoms with van der Waals surface area (Å²) in [5, 5.41) is 0. The van der Waals surface area contributed by atoms with Crippen LogP contribution in [0.3, 0.4) is 0 Å². The summed E-state index contributed by atoms with van der Waals surface area (Å²) in [6.07, 6.45) is 2.83. The van der Waals surface area contributed by atoms with E-state index in [4.69, 9.17) is 0 Å². The summed E-state index contributed by atoms with van der Waals surface area (Å²) in [5.74, 6) is 0.785. The van der Waals surface area contributed by atoms with Crippen LogP contribution in [-0.4, -0.2) is 19.9 Å². The lowest BCUT2D eigenvalue weighted by molar-refractivity contribution is 0.0959. The highest BCUT2D eigenvalue weighted by atomic mass is 16.1. The number of carbonyl (C=O) groups excluding carboxylic acids is 1. The van der Waals surface area contributed by atoms with E-state index in [0.29, 0.717) is 12.3 Å². The highest BCUT2D eigenvalue weighted by Gasteiger charge is 2.12. The van der Waals surface area contributed by atoms with Crippen molar-refractivity contribution in [2.45, 2.75) is 33.1 Å². The molecular formula is C15H23NO. The molecule has 0 bridgehead atoms. The number of Topliss-reactive ketones (excluding diaryl/α,β-unsaturated/α-hetero) is 1. The van der Waals surface area contributed by atoms with Crippen molar-refractivity contribution in [3.63, 3.8) is 0 Å². The fourth-order valence-corrected chi connectivity index (χ4v) is 1.91. The summed E-state index contributed by atoms with van der Waals surface area (Å²) in [5.41, 5.74) is 1.92. The van der Waals surface area contributed by atoms with Crippen molar-refractivity contribution in [1.29, 1.82) is 0 Å². The van der Waals surface area contributed by atoms with Crippen LogP contribution < -0.4 is 4.90 Å². The van der Waals surface area contributed by atoms with Gasteiger partial charge < -0.3 is 4.90 Å². The molecule has 0 atom stereocenters. The zero-order valence-electron chi connectivity index (χ0n) is 11.4. The van der Waals surface area contributed by atoms with E-state index in [0.717, 1.165) is 24.1 Å². The van der Waals surface area contributed by atoms with Gasteiger partial charge in [-0.3, -0.25) is 4.79 Å². The van der Waals surface area contributed by atoms with Crippen LogP contribution in [0, 0.1) is 5.92 Å². The molecule has 0 aliphatic heterocycles. The van der Waals surface area contributed by atoms with Gasteiger partial charge in [0.25, 0.3) is 0 Å². The predicted octanol–water partition coefficient (Wildman–Crippen LogP) is 3.76. The molecule has 0 saturated heterocycles. The molecule has 0 aliphatic carbocycles. The zero-order valence-corrected chi connectivity index (χ0v) is 11.4. The second-order valence-corrected chi connectivity index (χ2v) is 4.75. The molecule has 0 heterocycles. The largest absolute Gasteiger partial charge is 0.378 e. The summed E-state index contributed by atoms with van der Waals surface area (Å²) in [6.45, 7) is 4.30. The van der Waals surface area contributed by atoms with Crippen molar-refractivity contribution in [2.75, 3.05) is 19.0 Å². The van der Waals surface area contributed by atoms with E-state index in [-0.39, 0.29) is 5.78 Å². The number of hydrogen-bond donors (Lipinski definition) is 0. The molecule has 0 aliphatic rings. The molecule has 0 unspecified atom stereocenters. The Bertz CT molecular complexity index is 367. The highest BCUT2D eigenvalue weighted by Crippen LogP contribution is 2.19. The third kappa shape index (κ3) is 3.88. The van der Waals surface area contributed by atoms with Gasteiger partial charge in [-0.25, -0.2) is 0 Å². The van der Waals surface area contributed by atoms with Gasteiger partial charge in [-0.2, -0.15) is 0 Å². The number of nitrogens with zero attached hydrogens (tertiary/aromatic N) is 1. The molecule has 0 aromatic heterocycles. The van der Waals surface area contributed by atoms with E-state index in [1.165, 1.54) is 0 Å². The molecule has 2 heteroatoms. The fourth-order valence-electron chi connectivity index (χ4n) is 1.91. The Hall–Kier alpha value is -1.31. The molecule has 1 aromatic carbocycles.